The van der Waals surface area contributed by atoms with Crippen LogP contribution in [-0.2, 0) is 28.7 Å². The van der Waals surface area contributed by atoms with Crippen molar-refractivity contribution >= 4 is 24.0 Å². The van der Waals surface area contributed by atoms with Crippen LogP contribution in [0.15, 0.2) is 0 Å². The molecule has 1 N–H and O–H groups in total. The van der Waals surface area contributed by atoms with Gasteiger partial charge in [-0.1, -0.05) is 54.4 Å². The summed E-state index contributed by atoms with van der Waals surface area (Å²) < 4.78 is 12.2. The SMILES string of the molecule is CCC(O)CC(=O)O[C@H]1C[C@H]2[C@]3(C)CC[C@H]4[C@@](C)(CC)CCC[C@]4(C)[C@H]3C[C@H](OC(C)=O)[C@]2(C)[C@@H](C=O)[C@@H]1C(C)=O. The number of fused-ring (bicyclic) bond motifs is 5. The summed E-state index contributed by atoms with van der Waals surface area (Å²) in [7, 11) is 0. The van der Waals surface area contributed by atoms with Crippen LogP contribution < -0.4 is 0 Å². The quantitative estimate of drug-likeness (QED) is 0.277. The van der Waals surface area contributed by atoms with Crippen molar-refractivity contribution in [3.63, 3.8) is 0 Å². The van der Waals surface area contributed by atoms with Crippen molar-refractivity contribution in [1.29, 1.82) is 0 Å². The fraction of sp³-hybridized carbons (Fsp3) is 0.882. The number of hydrogen-bond donors (Lipinski definition) is 1. The highest BCUT2D eigenvalue weighted by Crippen LogP contribution is 2.74. The Morgan fingerprint density at radius 2 is 1.59 bits per heavy atom. The Labute approximate surface area is 246 Å². The molecule has 4 aliphatic rings. The van der Waals surface area contributed by atoms with Crippen LogP contribution in [0.5, 0.6) is 0 Å². The van der Waals surface area contributed by atoms with Crippen molar-refractivity contribution in [2.75, 3.05) is 0 Å². The largest absolute Gasteiger partial charge is 0.462 e. The Morgan fingerprint density at radius 3 is 2.15 bits per heavy atom. The normalized spacial score (nSPS) is 46.2. The molecule has 232 valence electrons. The number of carbonyl (C=O) groups excluding carboxylic acids is 4. The van der Waals surface area contributed by atoms with Crippen LogP contribution in [0.2, 0.25) is 0 Å². The van der Waals surface area contributed by atoms with Gasteiger partial charge in [-0.15, -0.1) is 0 Å². The van der Waals surface area contributed by atoms with Gasteiger partial charge >= 0.3 is 11.9 Å². The van der Waals surface area contributed by atoms with Crippen LogP contribution >= 0.6 is 0 Å². The fourth-order valence-corrected chi connectivity index (χ4v) is 11.0. The molecular formula is C34H54O7. The molecule has 41 heavy (non-hydrogen) atoms. The lowest BCUT2D eigenvalue weighted by Crippen LogP contribution is -2.70. The van der Waals surface area contributed by atoms with Crippen LogP contribution in [0, 0.1) is 51.2 Å². The molecule has 1 unspecified atom stereocenters. The average molecular weight is 575 g/mol. The Balaban J connectivity index is 1.83. The molecule has 0 radical (unpaired) electrons. The van der Waals surface area contributed by atoms with Crippen LogP contribution in [0.4, 0.5) is 0 Å². The molecular weight excluding hydrogens is 520 g/mol. The van der Waals surface area contributed by atoms with E-state index in [0.29, 0.717) is 25.2 Å². The Kier molecular flexibility index (Phi) is 8.93. The van der Waals surface area contributed by atoms with Gasteiger partial charge in [-0.25, -0.2) is 0 Å². The highest BCUT2D eigenvalue weighted by atomic mass is 16.5. The molecule has 0 heterocycles. The van der Waals surface area contributed by atoms with Crippen molar-refractivity contribution in [2.45, 2.75) is 138 Å². The fourth-order valence-electron chi connectivity index (χ4n) is 11.0. The number of aldehydes is 1. The zero-order valence-electron chi connectivity index (χ0n) is 26.7. The van der Waals surface area contributed by atoms with Gasteiger partial charge in [0.25, 0.3) is 0 Å². The molecule has 0 amide bonds. The number of rotatable bonds is 8. The first kappa shape index (κ1) is 32.2. The Hall–Kier alpha value is -1.76. The van der Waals surface area contributed by atoms with Gasteiger partial charge in [0.05, 0.1) is 18.4 Å². The van der Waals surface area contributed by atoms with Crippen LogP contribution in [0.3, 0.4) is 0 Å². The summed E-state index contributed by atoms with van der Waals surface area (Å²) in [6, 6.07) is 0. The third-order valence-electron chi connectivity index (χ3n) is 13.2. The van der Waals surface area contributed by atoms with Gasteiger partial charge < -0.3 is 19.4 Å². The van der Waals surface area contributed by atoms with Gasteiger partial charge in [-0.3, -0.25) is 14.4 Å². The summed E-state index contributed by atoms with van der Waals surface area (Å²) in [5, 5.41) is 10.1. The Bertz CT molecular complexity index is 1040. The van der Waals surface area contributed by atoms with E-state index in [1.54, 1.807) is 6.92 Å². The third-order valence-corrected chi connectivity index (χ3v) is 13.2. The van der Waals surface area contributed by atoms with Crippen molar-refractivity contribution in [2.24, 2.45) is 51.2 Å². The van der Waals surface area contributed by atoms with Crippen molar-refractivity contribution < 1.29 is 33.8 Å². The van der Waals surface area contributed by atoms with Crippen LogP contribution in [0.25, 0.3) is 0 Å². The minimum atomic E-state index is -0.820. The molecule has 0 saturated heterocycles. The average Bonchev–Trinajstić information content (AvgIpc) is 2.89. The van der Waals surface area contributed by atoms with E-state index in [1.165, 1.54) is 26.7 Å². The summed E-state index contributed by atoms with van der Waals surface area (Å²) in [6.45, 7) is 16.3. The predicted octanol–water partition coefficient (Wildman–Crippen LogP) is 6.08. The van der Waals surface area contributed by atoms with Crippen molar-refractivity contribution in [3.8, 4) is 0 Å². The maximum Gasteiger partial charge on any atom is 0.308 e. The maximum absolute atomic E-state index is 13.2. The van der Waals surface area contributed by atoms with Crippen LogP contribution in [0.1, 0.15) is 120 Å². The van der Waals surface area contributed by atoms with E-state index in [0.717, 1.165) is 32.0 Å². The number of esters is 2. The first-order chi connectivity index (χ1) is 19.1. The summed E-state index contributed by atoms with van der Waals surface area (Å²) in [5.74, 6) is -1.96. The molecule has 12 atom stereocenters. The van der Waals surface area contributed by atoms with Crippen molar-refractivity contribution in [1.82, 2.24) is 0 Å². The summed E-state index contributed by atoms with van der Waals surface area (Å²) in [6.07, 6.45) is 6.95. The number of hydrogen-bond acceptors (Lipinski definition) is 7. The van der Waals surface area contributed by atoms with Gasteiger partial charge in [0, 0.05) is 18.3 Å². The van der Waals surface area contributed by atoms with E-state index in [1.807, 2.05) is 6.92 Å². The second-order valence-electron chi connectivity index (χ2n) is 15.1. The molecule has 4 fully saturated rings. The second kappa shape index (κ2) is 11.4. The first-order valence-corrected chi connectivity index (χ1v) is 16.1. The minimum Gasteiger partial charge on any atom is -0.462 e. The lowest BCUT2D eigenvalue weighted by Gasteiger charge is -2.71. The van der Waals surface area contributed by atoms with E-state index in [-0.39, 0.29) is 46.3 Å². The van der Waals surface area contributed by atoms with E-state index in [2.05, 4.69) is 27.7 Å². The van der Waals surface area contributed by atoms with E-state index >= 15 is 0 Å². The highest BCUT2D eigenvalue weighted by Gasteiger charge is 2.71. The molecule has 0 aromatic carbocycles. The molecule has 7 heteroatoms. The van der Waals surface area contributed by atoms with E-state index in [4.69, 9.17) is 9.47 Å². The number of aliphatic hydroxyl groups excluding tert-OH is 1. The van der Waals surface area contributed by atoms with Gasteiger partial charge in [-0.2, -0.15) is 0 Å². The number of aliphatic hydroxyl groups is 1. The van der Waals surface area contributed by atoms with Gasteiger partial charge in [0.15, 0.2) is 0 Å². The first-order valence-electron chi connectivity index (χ1n) is 16.1. The van der Waals surface area contributed by atoms with Gasteiger partial charge in [0.1, 0.15) is 24.3 Å². The molecule has 0 spiro atoms. The lowest BCUT2D eigenvalue weighted by molar-refractivity contribution is -0.264. The number of ketones is 1. The maximum atomic E-state index is 13.2. The predicted molar refractivity (Wildman–Crippen MR) is 156 cm³/mol. The van der Waals surface area contributed by atoms with E-state index < -0.39 is 41.5 Å². The minimum absolute atomic E-state index is 0.0568. The molecule has 0 aromatic rings. The molecule has 7 nitrogen and oxygen atoms in total. The zero-order chi connectivity index (χ0) is 30.5. The molecule has 0 bridgehead atoms. The summed E-state index contributed by atoms with van der Waals surface area (Å²) in [5.41, 5.74) is -0.630. The number of ether oxygens (including phenoxy) is 2. The molecule has 4 aliphatic carbocycles. The molecule has 0 aliphatic heterocycles. The highest BCUT2D eigenvalue weighted by molar-refractivity contribution is 5.83. The molecule has 0 aromatic heterocycles. The number of Topliss-reactive ketones (excluding diaryl/α,β-unsaturated/α-hetero) is 1. The lowest BCUT2D eigenvalue weighted by atomic mass is 9.33. The van der Waals surface area contributed by atoms with Gasteiger partial charge in [0.2, 0.25) is 0 Å². The summed E-state index contributed by atoms with van der Waals surface area (Å²) in [4.78, 5) is 51.7. The zero-order valence-corrected chi connectivity index (χ0v) is 26.7. The summed E-state index contributed by atoms with van der Waals surface area (Å²) >= 11 is 0. The Morgan fingerprint density at radius 1 is 0.927 bits per heavy atom. The second-order valence-corrected chi connectivity index (χ2v) is 15.1. The topological polar surface area (TPSA) is 107 Å². The van der Waals surface area contributed by atoms with Crippen LogP contribution in [-0.4, -0.2) is 47.4 Å². The third kappa shape index (κ3) is 5.10. The van der Waals surface area contributed by atoms with Gasteiger partial charge in [-0.05, 0) is 85.9 Å². The van der Waals surface area contributed by atoms with E-state index in [9.17, 15) is 24.3 Å². The standard InChI is InChI=1S/C34H54O7/c1-9-22(38)16-29(39)41-24-17-27-33(7)15-12-25-31(5,10-2)13-11-14-32(25,6)26(33)18-28(40-21(4)37)34(27,8)23(19-35)30(24)20(3)36/h19,22-28,30,38H,9-18H2,1-8H3/t22?,23-,24-,25-,26+,27-,28-,30-,31-,32-,33+,34+/m0/s1. The molecule has 4 rings (SSSR count). The molecule has 4 saturated carbocycles. The smallest absolute Gasteiger partial charge is 0.308 e. The monoisotopic (exact) mass is 574 g/mol. The van der Waals surface area contributed by atoms with Crippen molar-refractivity contribution in [3.05, 3.63) is 0 Å². The number of carbonyl (C=O) groups is 4.